The summed E-state index contributed by atoms with van der Waals surface area (Å²) in [4.78, 5) is 19.5. The molecule has 1 aromatic heterocycles. The van der Waals surface area contributed by atoms with E-state index in [4.69, 9.17) is 10.4 Å². The van der Waals surface area contributed by atoms with Gasteiger partial charge in [0.2, 0.25) is 0 Å². The minimum Gasteiger partial charge on any atom is -0.465 e. The maximum absolute atomic E-state index is 10.5. The molecule has 2 aromatic rings. The number of pyridine rings is 1. The van der Waals surface area contributed by atoms with Crippen LogP contribution in [-0.2, 0) is 0 Å². The number of carboxylic acid groups (broad SMARTS) is 1. The molecule has 3 rings (SSSR count). The first kappa shape index (κ1) is 17.7. The third-order valence-electron chi connectivity index (χ3n) is 4.47. The van der Waals surface area contributed by atoms with Crippen molar-refractivity contribution >= 4 is 11.9 Å². The van der Waals surface area contributed by atoms with Crippen molar-refractivity contribution in [3.63, 3.8) is 0 Å². The van der Waals surface area contributed by atoms with Gasteiger partial charge in [0, 0.05) is 51.0 Å². The maximum Gasteiger partial charge on any atom is 0.404 e. The molecule has 0 atom stereocenters. The lowest BCUT2D eigenvalue weighted by Crippen LogP contribution is -2.48. The molecule has 1 fully saturated rings. The molecule has 1 aromatic carbocycles. The first-order valence-corrected chi connectivity index (χ1v) is 8.56. The van der Waals surface area contributed by atoms with Crippen LogP contribution in [0, 0.1) is 11.3 Å². The molecule has 0 saturated carbocycles. The SMILES string of the molecule is N#Cc1cccc(-c2ccc(N3CCN(CCNC(=O)O)CC3)nc2)c1. The van der Waals surface area contributed by atoms with Gasteiger partial charge in [-0.2, -0.15) is 5.26 Å². The van der Waals surface area contributed by atoms with Gasteiger partial charge < -0.3 is 15.3 Å². The van der Waals surface area contributed by atoms with E-state index in [2.05, 4.69) is 26.2 Å². The van der Waals surface area contributed by atoms with E-state index in [0.717, 1.165) is 49.7 Å². The molecule has 1 saturated heterocycles. The molecule has 0 radical (unpaired) electrons. The van der Waals surface area contributed by atoms with Crippen LogP contribution < -0.4 is 10.2 Å². The average Bonchev–Trinajstić information content (AvgIpc) is 2.68. The summed E-state index contributed by atoms with van der Waals surface area (Å²) >= 11 is 0. The van der Waals surface area contributed by atoms with Gasteiger partial charge in [0.1, 0.15) is 5.82 Å². The number of hydrogen-bond donors (Lipinski definition) is 2. The molecular weight excluding hydrogens is 330 g/mol. The van der Waals surface area contributed by atoms with Crippen LogP contribution in [0.15, 0.2) is 42.6 Å². The van der Waals surface area contributed by atoms with Crippen LogP contribution in [0.4, 0.5) is 10.6 Å². The van der Waals surface area contributed by atoms with E-state index in [1.807, 2.05) is 36.5 Å². The highest BCUT2D eigenvalue weighted by Crippen LogP contribution is 2.22. The van der Waals surface area contributed by atoms with E-state index >= 15 is 0 Å². The zero-order chi connectivity index (χ0) is 18.4. The summed E-state index contributed by atoms with van der Waals surface area (Å²) in [5, 5.41) is 20.0. The zero-order valence-electron chi connectivity index (χ0n) is 14.4. The molecule has 26 heavy (non-hydrogen) atoms. The van der Waals surface area contributed by atoms with Gasteiger partial charge in [-0.15, -0.1) is 0 Å². The number of rotatable bonds is 5. The number of hydrogen-bond acceptors (Lipinski definition) is 5. The van der Waals surface area contributed by atoms with Crippen LogP contribution in [-0.4, -0.2) is 60.4 Å². The van der Waals surface area contributed by atoms with Gasteiger partial charge in [0.25, 0.3) is 0 Å². The van der Waals surface area contributed by atoms with Crippen molar-refractivity contribution in [2.45, 2.75) is 0 Å². The Bertz CT molecular complexity index is 792. The molecule has 0 spiro atoms. The summed E-state index contributed by atoms with van der Waals surface area (Å²) in [5.41, 5.74) is 2.61. The first-order chi connectivity index (χ1) is 12.7. The van der Waals surface area contributed by atoms with Crippen molar-refractivity contribution in [3.8, 4) is 17.2 Å². The Morgan fingerprint density at radius 1 is 1.19 bits per heavy atom. The minimum absolute atomic E-state index is 0.448. The normalized spacial score (nSPS) is 14.7. The van der Waals surface area contributed by atoms with Crippen LogP contribution in [0.5, 0.6) is 0 Å². The second-order valence-electron chi connectivity index (χ2n) is 6.16. The Morgan fingerprint density at radius 3 is 2.65 bits per heavy atom. The third-order valence-corrected chi connectivity index (χ3v) is 4.47. The molecule has 0 unspecified atom stereocenters. The van der Waals surface area contributed by atoms with Gasteiger partial charge in [-0.1, -0.05) is 12.1 Å². The molecule has 1 aliphatic rings. The summed E-state index contributed by atoms with van der Waals surface area (Å²) in [7, 11) is 0. The molecule has 7 nitrogen and oxygen atoms in total. The number of nitriles is 1. The Labute approximate surface area is 152 Å². The number of aromatic nitrogens is 1. The lowest BCUT2D eigenvalue weighted by molar-refractivity contribution is 0.190. The van der Waals surface area contributed by atoms with Gasteiger partial charge in [-0.25, -0.2) is 9.78 Å². The van der Waals surface area contributed by atoms with Crippen LogP contribution in [0.3, 0.4) is 0 Å². The largest absolute Gasteiger partial charge is 0.465 e. The topological polar surface area (TPSA) is 92.5 Å². The highest BCUT2D eigenvalue weighted by atomic mass is 16.4. The predicted molar refractivity (Wildman–Crippen MR) is 99.1 cm³/mol. The number of nitrogens with zero attached hydrogens (tertiary/aromatic N) is 4. The highest BCUT2D eigenvalue weighted by molar-refractivity contribution is 5.65. The Hall–Kier alpha value is -3.11. The highest BCUT2D eigenvalue weighted by Gasteiger charge is 2.17. The van der Waals surface area contributed by atoms with E-state index in [-0.39, 0.29) is 0 Å². The summed E-state index contributed by atoms with van der Waals surface area (Å²) in [6.07, 6.45) is 0.864. The van der Waals surface area contributed by atoms with Crippen LogP contribution in [0.1, 0.15) is 5.56 Å². The number of anilines is 1. The predicted octanol–water partition coefficient (Wildman–Crippen LogP) is 2.01. The Balaban J connectivity index is 1.56. The molecule has 7 heteroatoms. The molecule has 1 amide bonds. The minimum atomic E-state index is -0.978. The fraction of sp³-hybridized carbons (Fsp3) is 0.316. The van der Waals surface area contributed by atoms with Gasteiger partial charge in [0.05, 0.1) is 11.6 Å². The van der Waals surface area contributed by atoms with E-state index in [0.29, 0.717) is 12.1 Å². The van der Waals surface area contributed by atoms with Crippen molar-refractivity contribution in [1.29, 1.82) is 5.26 Å². The average molecular weight is 351 g/mol. The van der Waals surface area contributed by atoms with Crippen LogP contribution in [0.2, 0.25) is 0 Å². The molecule has 0 aliphatic carbocycles. The van der Waals surface area contributed by atoms with Gasteiger partial charge in [-0.3, -0.25) is 4.90 Å². The van der Waals surface area contributed by atoms with E-state index in [9.17, 15) is 4.79 Å². The molecule has 2 N–H and O–H groups in total. The first-order valence-electron chi connectivity index (χ1n) is 8.56. The van der Waals surface area contributed by atoms with Crippen molar-refractivity contribution in [1.82, 2.24) is 15.2 Å². The Morgan fingerprint density at radius 2 is 2.00 bits per heavy atom. The molecule has 2 heterocycles. The van der Waals surface area contributed by atoms with Crippen molar-refractivity contribution in [2.24, 2.45) is 0 Å². The second-order valence-corrected chi connectivity index (χ2v) is 6.16. The zero-order valence-corrected chi connectivity index (χ0v) is 14.4. The smallest absolute Gasteiger partial charge is 0.404 e. The van der Waals surface area contributed by atoms with E-state index in [1.54, 1.807) is 6.07 Å². The van der Waals surface area contributed by atoms with Crippen molar-refractivity contribution in [2.75, 3.05) is 44.2 Å². The van der Waals surface area contributed by atoms with Gasteiger partial charge >= 0.3 is 6.09 Å². The number of benzene rings is 1. The fourth-order valence-corrected chi connectivity index (χ4v) is 3.03. The lowest BCUT2D eigenvalue weighted by Gasteiger charge is -2.35. The monoisotopic (exact) mass is 351 g/mol. The summed E-state index contributed by atoms with van der Waals surface area (Å²) in [6.45, 7) is 4.67. The van der Waals surface area contributed by atoms with E-state index < -0.39 is 6.09 Å². The van der Waals surface area contributed by atoms with E-state index in [1.165, 1.54) is 0 Å². The summed E-state index contributed by atoms with van der Waals surface area (Å²) < 4.78 is 0. The molecule has 134 valence electrons. The standard InChI is InChI=1S/C19H21N5O2/c20-13-15-2-1-3-16(12-15)17-4-5-18(22-14-17)24-10-8-23(9-11-24)7-6-21-19(25)26/h1-5,12,14,21H,6-11H2,(H,25,26). The molecular formula is C19H21N5O2. The van der Waals surface area contributed by atoms with Crippen LogP contribution >= 0.6 is 0 Å². The van der Waals surface area contributed by atoms with Crippen molar-refractivity contribution < 1.29 is 9.90 Å². The summed E-state index contributed by atoms with van der Waals surface area (Å²) in [6, 6.07) is 13.7. The number of nitrogens with one attached hydrogen (secondary N) is 1. The van der Waals surface area contributed by atoms with Crippen molar-refractivity contribution in [3.05, 3.63) is 48.2 Å². The third kappa shape index (κ3) is 4.49. The number of piperazine rings is 1. The maximum atomic E-state index is 10.5. The van der Waals surface area contributed by atoms with Crippen LogP contribution in [0.25, 0.3) is 11.1 Å². The Kier molecular flexibility index (Phi) is 5.66. The number of amides is 1. The van der Waals surface area contributed by atoms with Gasteiger partial charge in [-0.05, 0) is 29.8 Å². The second kappa shape index (κ2) is 8.32. The van der Waals surface area contributed by atoms with Gasteiger partial charge in [0.15, 0.2) is 0 Å². The molecule has 0 bridgehead atoms. The quantitative estimate of drug-likeness (QED) is 0.856. The summed E-state index contributed by atoms with van der Waals surface area (Å²) in [5.74, 6) is 0.938. The number of carbonyl (C=O) groups is 1. The lowest BCUT2D eigenvalue weighted by atomic mass is 10.1. The molecule has 1 aliphatic heterocycles. The fourth-order valence-electron chi connectivity index (χ4n) is 3.03.